The lowest BCUT2D eigenvalue weighted by molar-refractivity contribution is 0.676. The summed E-state index contributed by atoms with van der Waals surface area (Å²) in [6.45, 7) is 2.25. The Labute approximate surface area is 106 Å². The maximum absolute atomic E-state index is 6.02. The van der Waals surface area contributed by atoms with Gasteiger partial charge < -0.3 is 5.32 Å². The highest BCUT2D eigenvalue weighted by Gasteiger charge is 2.57. The molecule has 0 spiro atoms. The van der Waals surface area contributed by atoms with Crippen molar-refractivity contribution in [3.8, 4) is 0 Å². The predicted octanol–water partition coefficient (Wildman–Crippen LogP) is 3.28. The van der Waals surface area contributed by atoms with Gasteiger partial charge in [0.15, 0.2) is 0 Å². The van der Waals surface area contributed by atoms with Crippen LogP contribution in [0.15, 0.2) is 18.2 Å². The molecule has 1 heterocycles. The van der Waals surface area contributed by atoms with Crippen LogP contribution in [0.4, 0.5) is 0 Å². The first-order valence-corrected chi connectivity index (χ1v) is 5.64. The standard InChI is InChI=1S/C11H11Cl2N.ClH/c12-9-2-1-7(3-10(9)13)11-4-8(11)5-14-6-11;/h1-3,8,14H,4-6H2;1H. The summed E-state index contributed by atoms with van der Waals surface area (Å²) >= 11 is 11.9. The molecule has 1 aliphatic heterocycles. The van der Waals surface area contributed by atoms with Crippen molar-refractivity contribution in [1.82, 2.24) is 5.32 Å². The lowest BCUT2D eigenvalue weighted by atomic mass is 9.95. The van der Waals surface area contributed by atoms with Crippen molar-refractivity contribution < 1.29 is 0 Å². The number of rotatable bonds is 1. The fourth-order valence-electron chi connectivity index (χ4n) is 2.60. The number of halogens is 3. The molecule has 4 heteroatoms. The average molecular weight is 265 g/mol. The molecule has 1 aromatic carbocycles. The third-order valence-corrected chi connectivity index (χ3v) is 4.30. The molecule has 1 N–H and O–H groups in total. The van der Waals surface area contributed by atoms with Gasteiger partial charge >= 0.3 is 0 Å². The van der Waals surface area contributed by atoms with Crippen LogP contribution in [0.25, 0.3) is 0 Å². The maximum Gasteiger partial charge on any atom is 0.0595 e. The van der Waals surface area contributed by atoms with Gasteiger partial charge in [0.05, 0.1) is 10.0 Å². The summed E-state index contributed by atoms with van der Waals surface area (Å²) < 4.78 is 0. The minimum atomic E-state index is 0. The van der Waals surface area contributed by atoms with Gasteiger partial charge in [-0.2, -0.15) is 0 Å². The lowest BCUT2D eigenvalue weighted by Crippen LogP contribution is -2.19. The summed E-state index contributed by atoms with van der Waals surface area (Å²) in [6.07, 6.45) is 1.30. The number of hydrogen-bond donors (Lipinski definition) is 1. The van der Waals surface area contributed by atoms with E-state index in [1.54, 1.807) is 0 Å². The van der Waals surface area contributed by atoms with Crippen molar-refractivity contribution in [3.63, 3.8) is 0 Å². The van der Waals surface area contributed by atoms with Crippen LogP contribution < -0.4 is 5.32 Å². The highest BCUT2D eigenvalue weighted by molar-refractivity contribution is 6.42. The SMILES string of the molecule is Cl.Clc1ccc(C23CNCC2C3)cc1Cl. The summed E-state index contributed by atoms with van der Waals surface area (Å²) in [6, 6.07) is 6.04. The van der Waals surface area contributed by atoms with Crippen LogP contribution in [0.5, 0.6) is 0 Å². The van der Waals surface area contributed by atoms with E-state index in [0.717, 1.165) is 19.0 Å². The van der Waals surface area contributed by atoms with E-state index in [-0.39, 0.29) is 12.4 Å². The first kappa shape index (κ1) is 11.5. The van der Waals surface area contributed by atoms with Gasteiger partial charge in [0.2, 0.25) is 0 Å². The highest BCUT2D eigenvalue weighted by Crippen LogP contribution is 2.56. The molecule has 1 saturated heterocycles. The van der Waals surface area contributed by atoms with E-state index >= 15 is 0 Å². The molecule has 0 bridgehead atoms. The summed E-state index contributed by atoms with van der Waals surface area (Å²) in [4.78, 5) is 0. The second-order valence-electron chi connectivity index (χ2n) is 4.32. The van der Waals surface area contributed by atoms with Crippen molar-refractivity contribution in [1.29, 1.82) is 0 Å². The zero-order valence-electron chi connectivity index (χ0n) is 8.09. The normalized spacial score (nSPS) is 32.0. The highest BCUT2D eigenvalue weighted by atomic mass is 35.5. The second kappa shape index (κ2) is 3.81. The van der Waals surface area contributed by atoms with Crippen molar-refractivity contribution in [3.05, 3.63) is 33.8 Å². The quantitative estimate of drug-likeness (QED) is 0.821. The molecular weight excluding hydrogens is 252 g/mol. The Morgan fingerprint density at radius 3 is 2.60 bits per heavy atom. The molecule has 0 radical (unpaired) electrons. The lowest BCUT2D eigenvalue weighted by Gasteiger charge is -2.12. The number of nitrogens with one attached hydrogen (secondary N) is 1. The van der Waals surface area contributed by atoms with E-state index in [1.165, 1.54) is 12.0 Å². The molecule has 2 fully saturated rings. The number of benzene rings is 1. The molecule has 1 nitrogen and oxygen atoms in total. The number of hydrogen-bond acceptors (Lipinski definition) is 1. The van der Waals surface area contributed by atoms with E-state index in [2.05, 4.69) is 11.4 Å². The molecule has 15 heavy (non-hydrogen) atoms. The molecule has 1 aromatic rings. The summed E-state index contributed by atoms with van der Waals surface area (Å²) in [5, 5.41) is 4.74. The Morgan fingerprint density at radius 2 is 2.07 bits per heavy atom. The topological polar surface area (TPSA) is 12.0 Å². The van der Waals surface area contributed by atoms with Gasteiger partial charge in [-0.25, -0.2) is 0 Å². The van der Waals surface area contributed by atoms with Crippen LogP contribution in [0, 0.1) is 5.92 Å². The minimum absolute atomic E-state index is 0. The van der Waals surface area contributed by atoms with Gasteiger partial charge in [0, 0.05) is 12.0 Å². The Kier molecular flexibility index (Phi) is 2.93. The average Bonchev–Trinajstić information content (AvgIpc) is 2.75. The third kappa shape index (κ3) is 1.66. The maximum atomic E-state index is 6.02. The van der Waals surface area contributed by atoms with Crippen LogP contribution in [-0.2, 0) is 5.41 Å². The number of fused-ring (bicyclic) bond motifs is 1. The Bertz CT molecular complexity index is 393. The number of piperidine rings is 1. The largest absolute Gasteiger partial charge is 0.316 e. The first-order valence-electron chi connectivity index (χ1n) is 4.89. The molecule has 0 aromatic heterocycles. The zero-order valence-corrected chi connectivity index (χ0v) is 10.4. The van der Waals surface area contributed by atoms with Gasteiger partial charge in [0.25, 0.3) is 0 Å². The van der Waals surface area contributed by atoms with Crippen LogP contribution >= 0.6 is 35.6 Å². The fraction of sp³-hybridized carbons (Fsp3) is 0.455. The summed E-state index contributed by atoms with van der Waals surface area (Å²) in [5.41, 5.74) is 1.73. The molecule has 2 aliphatic rings. The van der Waals surface area contributed by atoms with Gasteiger partial charge in [-0.05, 0) is 36.6 Å². The van der Waals surface area contributed by atoms with E-state index in [1.807, 2.05) is 12.1 Å². The second-order valence-corrected chi connectivity index (χ2v) is 5.13. The van der Waals surface area contributed by atoms with Crippen LogP contribution in [0.3, 0.4) is 0 Å². The Balaban J connectivity index is 0.000000853. The smallest absolute Gasteiger partial charge is 0.0595 e. The molecule has 1 aliphatic carbocycles. The Morgan fingerprint density at radius 1 is 1.27 bits per heavy atom. The molecule has 0 amide bonds. The molecule has 82 valence electrons. The van der Waals surface area contributed by atoms with Gasteiger partial charge in [-0.3, -0.25) is 0 Å². The van der Waals surface area contributed by atoms with Gasteiger partial charge in [-0.15, -0.1) is 12.4 Å². The Hall–Kier alpha value is 0.0500. The summed E-state index contributed by atoms with van der Waals surface area (Å²) in [7, 11) is 0. The van der Waals surface area contributed by atoms with Gasteiger partial charge in [-0.1, -0.05) is 29.3 Å². The van der Waals surface area contributed by atoms with Gasteiger partial charge in [0.1, 0.15) is 0 Å². The van der Waals surface area contributed by atoms with Crippen LogP contribution in [0.1, 0.15) is 12.0 Å². The zero-order chi connectivity index (χ0) is 9.76. The predicted molar refractivity (Wildman–Crippen MR) is 66.4 cm³/mol. The van der Waals surface area contributed by atoms with Crippen molar-refractivity contribution in [2.24, 2.45) is 5.92 Å². The van der Waals surface area contributed by atoms with Crippen molar-refractivity contribution in [2.75, 3.05) is 13.1 Å². The molecule has 3 rings (SSSR count). The van der Waals surface area contributed by atoms with Crippen molar-refractivity contribution in [2.45, 2.75) is 11.8 Å². The summed E-state index contributed by atoms with van der Waals surface area (Å²) in [5.74, 6) is 0.819. The monoisotopic (exact) mass is 263 g/mol. The van der Waals surface area contributed by atoms with Crippen LogP contribution in [0.2, 0.25) is 10.0 Å². The minimum Gasteiger partial charge on any atom is -0.316 e. The molecule has 2 unspecified atom stereocenters. The van der Waals surface area contributed by atoms with Crippen LogP contribution in [-0.4, -0.2) is 13.1 Å². The van der Waals surface area contributed by atoms with Crippen molar-refractivity contribution >= 4 is 35.6 Å². The van der Waals surface area contributed by atoms with E-state index in [0.29, 0.717) is 15.5 Å². The van der Waals surface area contributed by atoms with E-state index < -0.39 is 0 Å². The fourth-order valence-corrected chi connectivity index (χ4v) is 2.89. The molecule has 1 saturated carbocycles. The van der Waals surface area contributed by atoms with E-state index in [9.17, 15) is 0 Å². The third-order valence-electron chi connectivity index (χ3n) is 3.56. The molecular formula is C11H12Cl3N. The van der Waals surface area contributed by atoms with E-state index in [4.69, 9.17) is 23.2 Å². The first-order chi connectivity index (χ1) is 6.72. The molecule has 2 atom stereocenters.